The predicted octanol–water partition coefficient (Wildman–Crippen LogP) is -0.627. The Kier molecular flexibility index (Phi) is 6.86. The maximum atomic E-state index is 13.4. The lowest BCUT2D eigenvalue weighted by Gasteiger charge is -2.34. The molecule has 180 valence electrons. The Hall–Kier alpha value is -2.15. The molecule has 0 aromatic heterocycles. The van der Waals surface area contributed by atoms with Crippen LogP contribution in [-0.2, 0) is 4.79 Å². The summed E-state index contributed by atoms with van der Waals surface area (Å²) >= 11 is 0. The third kappa shape index (κ3) is 5.03. The molecule has 0 aliphatic carbocycles. The van der Waals surface area contributed by atoms with Gasteiger partial charge in [0.1, 0.15) is 18.2 Å². The van der Waals surface area contributed by atoms with Gasteiger partial charge in [0.25, 0.3) is 0 Å². The molecule has 1 aromatic carbocycles. The molecule has 1 amide bonds. The fourth-order valence-electron chi connectivity index (χ4n) is 5.01. The van der Waals surface area contributed by atoms with Crippen LogP contribution in [0.2, 0.25) is 0 Å². The fraction of sp³-hybridized carbons (Fsp3) is 0.636. The first-order valence-electron chi connectivity index (χ1n) is 11.7. The van der Waals surface area contributed by atoms with Crippen LogP contribution >= 0.6 is 0 Å². The number of nitrogens with one attached hydrogen (secondary N) is 6. The van der Waals surface area contributed by atoms with Crippen LogP contribution in [0.25, 0.3) is 0 Å². The zero-order chi connectivity index (χ0) is 22.8. The van der Waals surface area contributed by atoms with Crippen LogP contribution in [-0.4, -0.2) is 75.0 Å². The molecule has 0 saturated carbocycles. The Morgan fingerprint density at radius 3 is 3.12 bits per heavy atom. The molecule has 0 bridgehead atoms. The first-order valence-corrected chi connectivity index (χ1v) is 11.7. The van der Waals surface area contributed by atoms with E-state index in [0.717, 1.165) is 25.2 Å². The van der Waals surface area contributed by atoms with Crippen molar-refractivity contribution in [2.75, 3.05) is 33.4 Å². The third-order valence-corrected chi connectivity index (χ3v) is 7.00. The van der Waals surface area contributed by atoms with Crippen molar-refractivity contribution in [2.45, 2.75) is 49.8 Å². The summed E-state index contributed by atoms with van der Waals surface area (Å²) in [7, 11) is 2.11. The molecule has 4 heterocycles. The molecule has 33 heavy (non-hydrogen) atoms. The van der Waals surface area contributed by atoms with Crippen molar-refractivity contribution in [3.05, 3.63) is 29.6 Å². The lowest BCUT2D eigenvalue weighted by molar-refractivity contribution is -0.126. The predicted molar refractivity (Wildman–Crippen MR) is 122 cm³/mol. The molecule has 0 spiro atoms. The number of carbonyl (C=O) groups is 1. The molecule has 2 saturated heterocycles. The summed E-state index contributed by atoms with van der Waals surface area (Å²) in [4.78, 5) is 19.8. The van der Waals surface area contributed by atoms with Crippen LogP contribution in [0.5, 0.6) is 5.75 Å². The highest BCUT2D eigenvalue weighted by Crippen LogP contribution is 2.33. The van der Waals surface area contributed by atoms with Crippen LogP contribution in [0.1, 0.15) is 30.9 Å². The summed E-state index contributed by atoms with van der Waals surface area (Å²) in [5.41, 5.74) is 7.59. The number of hydrogen-bond acceptors (Lipinski definition) is 9. The van der Waals surface area contributed by atoms with E-state index in [1.165, 1.54) is 12.1 Å². The number of ether oxygens (including phenoxy) is 1. The summed E-state index contributed by atoms with van der Waals surface area (Å²) in [6.07, 6.45) is 4.39. The molecule has 4 aliphatic heterocycles. The SMILES string of the molecule is CN1C(CNC2CC(C(=O)N[C@@H]3COc4cc(F)ccc43)CC=N2)NNC1C1CCNCN1. The van der Waals surface area contributed by atoms with E-state index < -0.39 is 0 Å². The van der Waals surface area contributed by atoms with Gasteiger partial charge in [-0.3, -0.25) is 25.3 Å². The molecule has 4 aliphatic rings. The number of amides is 1. The number of aliphatic imine (C=N–C) groups is 1. The van der Waals surface area contributed by atoms with Crippen LogP contribution in [0.4, 0.5) is 4.39 Å². The van der Waals surface area contributed by atoms with Gasteiger partial charge < -0.3 is 15.4 Å². The van der Waals surface area contributed by atoms with Gasteiger partial charge in [-0.25, -0.2) is 15.2 Å². The van der Waals surface area contributed by atoms with Gasteiger partial charge in [-0.1, -0.05) is 6.07 Å². The van der Waals surface area contributed by atoms with Gasteiger partial charge in [0.05, 0.1) is 24.5 Å². The van der Waals surface area contributed by atoms with Gasteiger partial charge in [0.15, 0.2) is 0 Å². The van der Waals surface area contributed by atoms with Gasteiger partial charge in [0.2, 0.25) is 5.91 Å². The van der Waals surface area contributed by atoms with Crippen molar-refractivity contribution in [1.29, 1.82) is 0 Å². The second-order valence-corrected chi connectivity index (χ2v) is 9.17. The van der Waals surface area contributed by atoms with Crippen LogP contribution in [0.3, 0.4) is 0 Å². The summed E-state index contributed by atoms with van der Waals surface area (Å²) < 4.78 is 18.9. The average molecular weight is 461 g/mol. The first kappa shape index (κ1) is 22.6. The van der Waals surface area contributed by atoms with E-state index in [-0.39, 0.29) is 42.2 Å². The highest BCUT2D eigenvalue weighted by atomic mass is 19.1. The van der Waals surface area contributed by atoms with Gasteiger partial charge in [-0.05, 0) is 38.9 Å². The van der Waals surface area contributed by atoms with Gasteiger partial charge >= 0.3 is 0 Å². The Morgan fingerprint density at radius 1 is 1.36 bits per heavy atom. The number of fused-ring (bicyclic) bond motifs is 1. The Balaban J connectivity index is 1.10. The normalized spacial score (nSPS) is 34.1. The second-order valence-electron chi connectivity index (χ2n) is 9.17. The minimum absolute atomic E-state index is 0.0199. The Morgan fingerprint density at radius 2 is 2.27 bits per heavy atom. The zero-order valence-electron chi connectivity index (χ0n) is 18.8. The van der Waals surface area contributed by atoms with E-state index in [9.17, 15) is 9.18 Å². The number of carbonyl (C=O) groups excluding carboxylic acids is 1. The number of likely N-dealkylation sites (N-methyl/N-ethyl adjacent to an activating group) is 1. The van der Waals surface area contributed by atoms with Crippen LogP contribution in [0.15, 0.2) is 23.2 Å². The maximum absolute atomic E-state index is 13.4. The highest BCUT2D eigenvalue weighted by Gasteiger charge is 2.36. The van der Waals surface area contributed by atoms with E-state index in [0.29, 0.717) is 37.8 Å². The molecule has 1 aromatic rings. The molecular formula is C22H33FN8O2. The van der Waals surface area contributed by atoms with Crippen molar-refractivity contribution in [3.8, 4) is 5.75 Å². The summed E-state index contributed by atoms with van der Waals surface area (Å²) in [5, 5.41) is 13.4. The summed E-state index contributed by atoms with van der Waals surface area (Å²) in [5.74, 6) is -0.0176. The molecule has 6 atom stereocenters. The monoisotopic (exact) mass is 460 g/mol. The topological polar surface area (TPSA) is 114 Å². The second kappa shape index (κ2) is 10.00. The number of hydrazine groups is 1. The van der Waals surface area contributed by atoms with E-state index in [2.05, 4.69) is 49.1 Å². The highest BCUT2D eigenvalue weighted by molar-refractivity contribution is 5.82. The molecule has 2 fully saturated rings. The minimum atomic E-state index is -0.339. The van der Waals surface area contributed by atoms with Crippen LogP contribution < -0.4 is 36.9 Å². The number of rotatable bonds is 6. The smallest absolute Gasteiger partial charge is 0.224 e. The fourth-order valence-corrected chi connectivity index (χ4v) is 5.01. The van der Waals surface area contributed by atoms with Crippen LogP contribution in [0, 0.1) is 11.7 Å². The minimum Gasteiger partial charge on any atom is -0.491 e. The van der Waals surface area contributed by atoms with E-state index >= 15 is 0 Å². The lowest BCUT2D eigenvalue weighted by Crippen LogP contribution is -2.58. The van der Waals surface area contributed by atoms with E-state index in [4.69, 9.17) is 4.74 Å². The average Bonchev–Trinajstić information content (AvgIpc) is 3.41. The Bertz CT molecular complexity index is 880. The largest absolute Gasteiger partial charge is 0.491 e. The number of halogens is 1. The first-order chi connectivity index (χ1) is 16.1. The molecule has 6 N–H and O–H groups in total. The number of benzene rings is 1. The van der Waals surface area contributed by atoms with Gasteiger partial charge in [-0.2, -0.15) is 0 Å². The standard InChI is InChI=1S/C22H33FN8O2/c1-31-20(29-30-21(31)16-5-6-24-12-27-16)10-26-19-8-13(4-7-25-19)22(32)28-17-11-33-18-9-14(23)2-3-15(17)18/h2-3,7,9,13,16-17,19-21,24,26-27,29-30H,4-6,8,10-12H2,1H3,(H,28,32)/t13?,16?,17-,19?,20?,21?/m1/s1. The van der Waals surface area contributed by atoms with Crippen molar-refractivity contribution in [2.24, 2.45) is 10.9 Å². The van der Waals surface area contributed by atoms with Gasteiger partial charge in [-0.15, -0.1) is 0 Å². The van der Waals surface area contributed by atoms with Crippen molar-refractivity contribution in [3.63, 3.8) is 0 Å². The van der Waals surface area contributed by atoms with Crippen molar-refractivity contribution >= 4 is 12.1 Å². The van der Waals surface area contributed by atoms with Gasteiger partial charge in [0, 0.05) is 43.0 Å². The summed E-state index contributed by atoms with van der Waals surface area (Å²) in [6, 6.07) is 4.58. The van der Waals surface area contributed by atoms with E-state index in [1.807, 2.05) is 6.21 Å². The van der Waals surface area contributed by atoms with Crippen molar-refractivity contribution < 1.29 is 13.9 Å². The zero-order valence-corrected chi connectivity index (χ0v) is 18.8. The lowest BCUT2D eigenvalue weighted by atomic mass is 9.96. The quantitative estimate of drug-likeness (QED) is 0.333. The molecule has 5 unspecified atom stereocenters. The molecule has 10 nitrogen and oxygen atoms in total. The summed E-state index contributed by atoms with van der Waals surface area (Å²) in [6.45, 7) is 2.88. The van der Waals surface area contributed by atoms with Crippen molar-refractivity contribution in [1.82, 2.24) is 37.0 Å². The molecule has 11 heteroatoms. The molecule has 0 radical (unpaired) electrons. The molecular weight excluding hydrogens is 427 g/mol. The maximum Gasteiger partial charge on any atom is 0.224 e. The van der Waals surface area contributed by atoms with E-state index in [1.54, 1.807) is 6.07 Å². The Labute approximate surface area is 193 Å². The number of hydrogen-bond donors (Lipinski definition) is 6. The number of nitrogens with zero attached hydrogens (tertiary/aromatic N) is 2. The third-order valence-electron chi connectivity index (χ3n) is 7.00. The molecule has 5 rings (SSSR count).